The fourth-order valence-electron chi connectivity index (χ4n) is 2.05. The van der Waals surface area contributed by atoms with Crippen LogP contribution in [0, 0.1) is 5.41 Å². The fraction of sp³-hybridized carbons (Fsp3) is 0.875. The van der Waals surface area contributed by atoms with Gasteiger partial charge in [0.25, 0.3) is 0 Å². The molecule has 0 aromatic heterocycles. The third kappa shape index (κ3) is 7.34. The molecule has 0 spiro atoms. The second-order valence-corrected chi connectivity index (χ2v) is 6.77. The smallest absolute Gasteiger partial charge is 0.317 e. The minimum absolute atomic E-state index is 0.0582. The molecule has 0 aliphatic heterocycles. The van der Waals surface area contributed by atoms with Crippen molar-refractivity contribution in [2.75, 3.05) is 6.54 Å². The number of hydrogen-bond acceptors (Lipinski definition) is 2. The zero-order valence-electron chi connectivity index (χ0n) is 14.4. The van der Waals surface area contributed by atoms with Crippen LogP contribution in [-0.4, -0.2) is 40.6 Å². The van der Waals surface area contributed by atoms with Crippen molar-refractivity contribution in [2.24, 2.45) is 5.41 Å². The number of aliphatic carboxylic acids is 1. The van der Waals surface area contributed by atoms with E-state index in [0.29, 0.717) is 6.54 Å². The van der Waals surface area contributed by atoms with E-state index in [9.17, 15) is 9.59 Å². The van der Waals surface area contributed by atoms with Crippen molar-refractivity contribution in [1.82, 2.24) is 10.2 Å². The highest BCUT2D eigenvalue weighted by Gasteiger charge is 2.30. The van der Waals surface area contributed by atoms with Crippen molar-refractivity contribution in [3.8, 4) is 0 Å². The first-order chi connectivity index (χ1) is 9.63. The van der Waals surface area contributed by atoms with Crippen molar-refractivity contribution >= 4 is 12.0 Å². The predicted octanol–water partition coefficient (Wildman–Crippen LogP) is 3.49. The minimum Gasteiger partial charge on any atom is -0.481 e. The summed E-state index contributed by atoms with van der Waals surface area (Å²) >= 11 is 0. The van der Waals surface area contributed by atoms with Crippen LogP contribution < -0.4 is 5.32 Å². The highest BCUT2D eigenvalue weighted by molar-refractivity contribution is 5.76. The van der Waals surface area contributed by atoms with Gasteiger partial charge in [0, 0.05) is 18.6 Å². The molecule has 5 heteroatoms. The number of hydrogen-bond donors (Lipinski definition) is 2. The van der Waals surface area contributed by atoms with Crippen LogP contribution >= 0.6 is 0 Å². The largest absolute Gasteiger partial charge is 0.481 e. The molecule has 2 unspecified atom stereocenters. The average Bonchev–Trinajstić information content (AvgIpc) is 2.36. The quantitative estimate of drug-likeness (QED) is 0.721. The van der Waals surface area contributed by atoms with E-state index in [0.717, 1.165) is 19.3 Å². The lowest BCUT2D eigenvalue weighted by atomic mass is 9.85. The van der Waals surface area contributed by atoms with E-state index in [4.69, 9.17) is 5.11 Å². The zero-order chi connectivity index (χ0) is 16.6. The second kappa shape index (κ2) is 8.90. The monoisotopic (exact) mass is 300 g/mol. The van der Waals surface area contributed by atoms with Crippen LogP contribution in [0.15, 0.2) is 0 Å². The molecule has 0 rings (SSSR count). The van der Waals surface area contributed by atoms with Gasteiger partial charge in [-0.15, -0.1) is 0 Å². The van der Waals surface area contributed by atoms with E-state index in [1.807, 2.05) is 32.6 Å². The summed E-state index contributed by atoms with van der Waals surface area (Å²) in [7, 11) is 0. The Morgan fingerprint density at radius 3 is 2.19 bits per heavy atom. The van der Waals surface area contributed by atoms with Crippen LogP contribution in [0.1, 0.15) is 67.2 Å². The van der Waals surface area contributed by atoms with E-state index in [1.165, 1.54) is 0 Å². The molecule has 0 aliphatic rings. The summed E-state index contributed by atoms with van der Waals surface area (Å²) in [6.07, 6.45) is 2.81. The third-order valence-electron chi connectivity index (χ3n) is 3.86. The fourth-order valence-corrected chi connectivity index (χ4v) is 2.05. The summed E-state index contributed by atoms with van der Waals surface area (Å²) in [5, 5.41) is 11.9. The third-order valence-corrected chi connectivity index (χ3v) is 3.86. The van der Waals surface area contributed by atoms with Gasteiger partial charge in [0.2, 0.25) is 0 Å². The lowest BCUT2D eigenvalue weighted by molar-refractivity contribution is -0.138. The van der Waals surface area contributed by atoms with Crippen LogP contribution in [0.25, 0.3) is 0 Å². The molecular weight excluding hydrogens is 268 g/mol. The number of nitrogens with one attached hydrogen (secondary N) is 1. The second-order valence-electron chi connectivity index (χ2n) is 6.77. The molecule has 0 aromatic rings. The zero-order valence-corrected chi connectivity index (χ0v) is 14.4. The van der Waals surface area contributed by atoms with E-state index in [-0.39, 0.29) is 30.0 Å². The van der Waals surface area contributed by atoms with Crippen molar-refractivity contribution in [1.29, 1.82) is 0 Å². The lowest BCUT2D eigenvalue weighted by Crippen LogP contribution is -2.52. The van der Waals surface area contributed by atoms with E-state index < -0.39 is 5.97 Å². The van der Waals surface area contributed by atoms with Crippen molar-refractivity contribution in [3.63, 3.8) is 0 Å². The highest BCUT2D eigenvalue weighted by Crippen LogP contribution is 2.22. The Morgan fingerprint density at radius 2 is 1.81 bits per heavy atom. The molecule has 0 saturated carbocycles. The summed E-state index contributed by atoms with van der Waals surface area (Å²) in [4.78, 5) is 25.3. The number of nitrogens with zero attached hydrogens (tertiary/aromatic N) is 1. The first kappa shape index (κ1) is 19.7. The highest BCUT2D eigenvalue weighted by atomic mass is 16.4. The molecule has 2 atom stereocenters. The van der Waals surface area contributed by atoms with Crippen LogP contribution in [0.5, 0.6) is 0 Å². The summed E-state index contributed by atoms with van der Waals surface area (Å²) in [5.74, 6) is -0.890. The first-order valence-electron chi connectivity index (χ1n) is 7.92. The molecule has 0 fully saturated rings. The number of carboxylic acid groups (broad SMARTS) is 1. The molecule has 0 radical (unpaired) electrons. The van der Waals surface area contributed by atoms with Gasteiger partial charge in [0.1, 0.15) is 0 Å². The van der Waals surface area contributed by atoms with Crippen LogP contribution in [-0.2, 0) is 4.79 Å². The molecule has 0 saturated heterocycles. The van der Waals surface area contributed by atoms with Crippen molar-refractivity contribution in [2.45, 2.75) is 79.3 Å². The number of amides is 2. The Labute approximate surface area is 129 Å². The predicted molar refractivity (Wildman–Crippen MR) is 85.4 cm³/mol. The van der Waals surface area contributed by atoms with Crippen LogP contribution in [0.4, 0.5) is 4.79 Å². The number of carbonyl (C=O) groups is 2. The van der Waals surface area contributed by atoms with Gasteiger partial charge >= 0.3 is 12.0 Å². The Balaban J connectivity index is 4.93. The molecular formula is C16H32N2O3. The topological polar surface area (TPSA) is 69.6 Å². The summed E-state index contributed by atoms with van der Waals surface area (Å²) in [6, 6.07) is -0.378. The normalized spacial score (nSPS) is 14.4. The number of rotatable bonds is 8. The van der Waals surface area contributed by atoms with Gasteiger partial charge in [-0.05, 0) is 25.2 Å². The number of carboxylic acids is 1. The van der Waals surface area contributed by atoms with Crippen molar-refractivity contribution < 1.29 is 14.7 Å². The Kier molecular flexibility index (Phi) is 8.37. The minimum atomic E-state index is -0.890. The first-order valence-corrected chi connectivity index (χ1v) is 7.92. The summed E-state index contributed by atoms with van der Waals surface area (Å²) in [5.41, 5.74) is -0.292. The maximum Gasteiger partial charge on any atom is 0.317 e. The Morgan fingerprint density at radius 1 is 1.24 bits per heavy atom. The van der Waals surface area contributed by atoms with E-state index in [2.05, 4.69) is 19.2 Å². The number of carbonyl (C=O) groups excluding carboxylic acids is 1. The molecule has 0 aliphatic carbocycles. The van der Waals surface area contributed by atoms with Crippen LogP contribution in [0.2, 0.25) is 0 Å². The van der Waals surface area contributed by atoms with Gasteiger partial charge in [-0.1, -0.05) is 41.0 Å². The Hall–Kier alpha value is -1.26. The molecule has 2 N–H and O–H groups in total. The maximum atomic E-state index is 12.5. The molecule has 0 aromatic carbocycles. The van der Waals surface area contributed by atoms with Gasteiger partial charge in [-0.3, -0.25) is 4.79 Å². The molecule has 124 valence electrons. The summed E-state index contributed by atoms with van der Waals surface area (Å²) < 4.78 is 0. The van der Waals surface area contributed by atoms with E-state index in [1.54, 1.807) is 0 Å². The van der Waals surface area contributed by atoms with Gasteiger partial charge in [-0.2, -0.15) is 0 Å². The number of urea groups is 1. The lowest BCUT2D eigenvalue weighted by Gasteiger charge is -2.35. The van der Waals surface area contributed by atoms with Gasteiger partial charge in [-0.25, -0.2) is 4.79 Å². The molecule has 0 heterocycles. The maximum absolute atomic E-state index is 12.5. The van der Waals surface area contributed by atoms with Gasteiger partial charge in [0.15, 0.2) is 0 Å². The van der Waals surface area contributed by atoms with Crippen LogP contribution in [0.3, 0.4) is 0 Å². The molecule has 5 nitrogen and oxygen atoms in total. The molecule has 2 amide bonds. The van der Waals surface area contributed by atoms with Gasteiger partial charge in [0.05, 0.1) is 6.42 Å². The average molecular weight is 300 g/mol. The Bertz CT molecular complexity index is 337. The van der Waals surface area contributed by atoms with E-state index >= 15 is 0 Å². The summed E-state index contributed by atoms with van der Waals surface area (Å²) in [6.45, 7) is 12.7. The number of unbranched alkanes of at least 4 members (excludes halogenated alkanes) is 1. The van der Waals surface area contributed by atoms with Crippen molar-refractivity contribution in [3.05, 3.63) is 0 Å². The molecule has 0 bridgehead atoms. The SMILES string of the molecule is CCCCN(C(=O)NC(CC(=O)O)C(C)(C)C)C(C)CC. The molecule has 21 heavy (non-hydrogen) atoms. The van der Waals surface area contributed by atoms with Gasteiger partial charge < -0.3 is 15.3 Å². The standard InChI is InChI=1S/C16H32N2O3/c1-7-9-10-18(12(3)8-2)15(21)17-13(11-14(19)20)16(4,5)6/h12-13H,7-11H2,1-6H3,(H,17,21)(H,19,20).